The Kier molecular flexibility index (Phi) is 4.37. The molecule has 18 heavy (non-hydrogen) atoms. The molecule has 0 aliphatic rings. The molecule has 1 heterocycles. The van der Waals surface area contributed by atoms with Gasteiger partial charge in [-0.25, -0.2) is 4.98 Å². The number of anilines is 1. The summed E-state index contributed by atoms with van der Waals surface area (Å²) in [5, 5.41) is 3.34. The average Bonchev–Trinajstić information content (AvgIpc) is 2.32. The van der Waals surface area contributed by atoms with Crippen molar-refractivity contribution in [3.05, 3.63) is 56.2 Å². The molecule has 0 saturated heterocycles. The number of halogens is 3. The molecule has 0 aliphatic carbocycles. The van der Waals surface area contributed by atoms with Crippen molar-refractivity contribution in [3.8, 4) is 0 Å². The van der Waals surface area contributed by atoms with E-state index in [1.54, 1.807) is 36.5 Å². The highest BCUT2D eigenvalue weighted by atomic mass is 79.9. The molecular formula is C12H7Br2ClN2O. The summed E-state index contributed by atoms with van der Waals surface area (Å²) >= 11 is 12.4. The summed E-state index contributed by atoms with van der Waals surface area (Å²) in [7, 11) is 0. The highest BCUT2D eigenvalue weighted by molar-refractivity contribution is 9.10. The molecule has 0 spiro atoms. The van der Waals surface area contributed by atoms with Crippen LogP contribution >= 0.6 is 43.5 Å². The van der Waals surface area contributed by atoms with E-state index in [9.17, 15) is 4.79 Å². The Bertz CT molecular complexity index is 604. The van der Waals surface area contributed by atoms with E-state index in [4.69, 9.17) is 11.6 Å². The van der Waals surface area contributed by atoms with E-state index in [2.05, 4.69) is 42.2 Å². The summed E-state index contributed by atoms with van der Waals surface area (Å²) in [5.41, 5.74) is 1.12. The van der Waals surface area contributed by atoms with Crippen LogP contribution in [0, 0.1) is 0 Å². The zero-order chi connectivity index (χ0) is 13.1. The quantitative estimate of drug-likeness (QED) is 0.767. The van der Waals surface area contributed by atoms with Crippen molar-refractivity contribution in [2.24, 2.45) is 0 Å². The number of nitrogens with one attached hydrogen (secondary N) is 1. The molecule has 0 aliphatic heterocycles. The largest absolute Gasteiger partial charge is 0.320 e. The van der Waals surface area contributed by atoms with Gasteiger partial charge in [-0.1, -0.05) is 11.6 Å². The second-order valence-electron chi connectivity index (χ2n) is 3.42. The topological polar surface area (TPSA) is 42.0 Å². The molecule has 0 unspecified atom stereocenters. The van der Waals surface area contributed by atoms with Crippen LogP contribution in [0.5, 0.6) is 0 Å². The van der Waals surface area contributed by atoms with Crippen molar-refractivity contribution in [2.75, 3.05) is 5.32 Å². The second kappa shape index (κ2) is 5.82. The van der Waals surface area contributed by atoms with E-state index in [0.717, 1.165) is 0 Å². The van der Waals surface area contributed by atoms with Crippen molar-refractivity contribution in [1.82, 2.24) is 4.98 Å². The number of carbonyl (C=O) groups is 1. The molecule has 1 amide bonds. The molecule has 2 rings (SSSR count). The van der Waals surface area contributed by atoms with E-state index in [1.807, 2.05) is 0 Å². The van der Waals surface area contributed by atoms with Crippen LogP contribution in [0.3, 0.4) is 0 Å². The summed E-state index contributed by atoms with van der Waals surface area (Å²) in [5.74, 6) is -0.229. The fourth-order valence-corrected chi connectivity index (χ4v) is 2.55. The lowest BCUT2D eigenvalue weighted by atomic mass is 10.2. The first-order valence-corrected chi connectivity index (χ1v) is 6.91. The number of hydrogen-bond donors (Lipinski definition) is 1. The van der Waals surface area contributed by atoms with Crippen LogP contribution in [0.25, 0.3) is 0 Å². The number of carbonyl (C=O) groups excluding carboxylic acids is 1. The first kappa shape index (κ1) is 13.5. The Balaban J connectivity index is 2.25. The van der Waals surface area contributed by atoms with Crippen LogP contribution in [-0.4, -0.2) is 10.9 Å². The summed E-state index contributed by atoms with van der Waals surface area (Å²) < 4.78 is 1.23. The Labute approximate surface area is 126 Å². The van der Waals surface area contributed by atoms with Gasteiger partial charge in [-0.2, -0.15) is 0 Å². The van der Waals surface area contributed by atoms with Crippen LogP contribution in [0.4, 0.5) is 5.69 Å². The van der Waals surface area contributed by atoms with E-state index < -0.39 is 0 Å². The fraction of sp³-hybridized carbons (Fsp3) is 0. The molecule has 1 N–H and O–H groups in total. The van der Waals surface area contributed by atoms with E-state index in [-0.39, 0.29) is 5.91 Å². The number of pyridine rings is 1. The summed E-state index contributed by atoms with van der Waals surface area (Å²) in [4.78, 5) is 16.1. The number of amides is 1. The number of aromatic nitrogens is 1. The SMILES string of the molecule is O=C(Nc1cccnc1Br)c1ccc(Cl)cc1Br. The highest BCUT2D eigenvalue weighted by Crippen LogP contribution is 2.24. The van der Waals surface area contributed by atoms with Gasteiger partial charge in [0.15, 0.2) is 0 Å². The first-order valence-electron chi connectivity index (χ1n) is 4.95. The minimum Gasteiger partial charge on any atom is -0.320 e. The predicted octanol–water partition coefficient (Wildman–Crippen LogP) is 4.51. The van der Waals surface area contributed by atoms with E-state index in [0.29, 0.717) is 25.3 Å². The van der Waals surface area contributed by atoms with Gasteiger partial charge in [0.1, 0.15) is 4.60 Å². The zero-order valence-corrected chi connectivity index (χ0v) is 12.9. The first-order chi connectivity index (χ1) is 8.58. The molecule has 6 heteroatoms. The van der Waals surface area contributed by atoms with Gasteiger partial charge in [-0.05, 0) is 62.2 Å². The van der Waals surface area contributed by atoms with Crippen LogP contribution in [-0.2, 0) is 0 Å². The van der Waals surface area contributed by atoms with Crippen molar-refractivity contribution in [3.63, 3.8) is 0 Å². The predicted molar refractivity (Wildman–Crippen MR) is 79.0 cm³/mol. The smallest absolute Gasteiger partial charge is 0.256 e. The molecule has 0 radical (unpaired) electrons. The molecule has 3 nitrogen and oxygen atoms in total. The minimum atomic E-state index is -0.229. The maximum atomic E-state index is 12.1. The maximum Gasteiger partial charge on any atom is 0.256 e. The standard InChI is InChI=1S/C12H7Br2ClN2O/c13-9-6-7(15)3-4-8(9)12(18)17-10-2-1-5-16-11(10)14/h1-6H,(H,17,18). The van der Waals surface area contributed by atoms with Gasteiger partial charge in [0.05, 0.1) is 11.3 Å². The Hall–Kier alpha value is -0.910. The fourth-order valence-electron chi connectivity index (χ4n) is 1.34. The number of benzene rings is 1. The third kappa shape index (κ3) is 3.10. The van der Waals surface area contributed by atoms with Gasteiger partial charge in [-0.15, -0.1) is 0 Å². The summed E-state index contributed by atoms with van der Waals surface area (Å²) in [6.45, 7) is 0. The lowest BCUT2D eigenvalue weighted by Gasteiger charge is -2.08. The third-order valence-corrected chi connectivity index (χ3v) is 3.71. The van der Waals surface area contributed by atoms with Crippen molar-refractivity contribution >= 4 is 55.1 Å². The van der Waals surface area contributed by atoms with Gasteiger partial charge >= 0.3 is 0 Å². The molecule has 92 valence electrons. The van der Waals surface area contributed by atoms with Crippen LogP contribution in [0.2, 0.25) is 5.02 Å². The Morgan fingerprint density at radius 1 is 1.28 bits per heavy atom. The zero-order valence-electron chi connectivity index (χ0n) is 8.95. The van der Waals surface area contributed by atoms with Crippen molar-refractivity contribution in [2.45, 2.75) is 0 Å². The van der Waals surface area contributed by atoms with Crippen molar-refractivity contribution in [1.29, 1.82) is 0 Å². The molecule has 0 fully saturated rings. The van der Waals surface area contributed by atoms with Crippen molar-refractivity contribution < 1.29 is 4.79 Å². The molecule has 1 aromatic heterocycles. The average molecular weight is 390 g/mol. The van der Waals surface area contributed by atoms with Gasteiger partial charge in [-0.3, -0.25) is 4.79 Å². The molecule has 2 aromatic rings. The maximum absolute atomic E-state index is 12.1. The van der Waals surface area contributed by atoms with Crippen LogP contribution < -0.4 is 5.32 Å². The summed E-state index contributed by atoms with van der Waals surface area (Å²) in [6, 6.07) is 8.51. The minimum absolute atomic E-state index is 0.229. The number of rotatable bonds is 2. The van der Waals surface area contributed by atoms with Crippen LogP contribution in [0.15, 0.2) is 45.6 Å². The molecule has 0 saturated carbocycles. The van der Waals surface area contributed by atoms with E-state index >= 15 is 0 Å². The normalized spacial score (nSPS) is 10.2. The monoisotopic (exact) mass is 388 g/mol. The molecule has 0 bridgehead atoms. The van der Waals surface area contributed by atoms with E-state index in [1.165, 1.54) is 0 Å². The molecular weight excluding hydrogens is 383 g/mol. The van der Waals surface area contributed by atoms with Gasteiger partial charge < -0.3 is 5.32 Å². The number of nitrogens with zero attached hydrogens (tertiary/aromatic N) is 1. The third-order valence-electron chi connectivity index (χ3n) is 2.18. The van der Waals surface area contributed by atoms with Crippen LogP contribution in [0.1, 0.15) is 10.4 Å². The second-order valence-corrected chi connectivity index (χ2v) is 5.46. The Morgan fingerprint density at radius 2 is 2.06 bits per heavy atom. The molecule has 0 atom stereocenters. The van der Waals surface area contributed by atoms with Gasteiger partial charge in [0, 0.05) is 15.7 Å². The lowest BCUT2D eigenvalue weighted by Crippen LogP contribution is -2.13. The van der Waals surface area contributed by atoms with Gasteiger partial charge in [0.2, 0.25) is 0 Å². The summed E-state index contributed by atoms with van der Waals surface area (Å²) in [6.07, 6.45) is 1.64. The lowest BCUT2D eigenvalue weighted by molar-refractivity contribution is 0.102. The van der Waals surface area contributed by atoms with Gasteiger partial charge in [0.25, 0.3) is 5.91 Å². The highest BCUT2D eigenvalue weighted by Gasteiger charge is 2.12. The number of hydrogen-bond acceptors (Lipinski definition) is 2. The Morgan fingerprint density at radius 3 is 2.72 bits per heavy atom. The molecule has 1 aromatic carbocycles.